The van der Waals surface area contributed by atoms with Crippen LogP contribution >= 0.6 is 0 Å². The van der Waals surface area contributed by atoms with Crippen LogP contribution < -0.4 is 9.64 Å². The molecular formula is C20H22N2O6. The average molecular weight is 386 g/mol. The number of rotatable bonds is 8. The summed E-state index contributed by atoms with van der Waals surface area (Å²) in [4.78, 5) is 36.4. The quantitative estimate of drug-likeness (QED) is 0.296. The molecule has 2 rings (SSSR count). The van der Waals surface area contributed by atoms with Gasteiger partial charge in [-0.3, -0.25) is 14.9 Å². The summed E-state index contributed by atoms with van der Waals surface area (Å²) >= 11 is 0. The molecule has 0 saturated heterocycles. The Balaban J connectivity index is 2.31. The monoisotopic (exact) mass is 386 g/mol. The molecule has 0 fully saturated rings. The molecule has 0 saturated carbocycles. The Morgan fingerprint density at radius 3 is 2.43 bits per heavy atom. The van der Waals surface area contributed by atoms with Crippen LogP contribution in [0.25, 0.3) is 0 Å². The van der Waals surface area contributed by atoms with Crippen LogP contribution in [0.4, 0.5) is 11.4 Å². The Hall–Kier alpha value is -3.42. The zero-order valence-corrected chi connectivity index (χ0v) is 16.2. The van der Waals surface area contributed by atoms with Crippen LogP contribution in [0.5, 0.6) is 5.75 Å². The molecule has 0 aromatic heterocycles. The molecule has 0 amide bonds. The van der Waals surface area contributed by atoms with E-state index in [1.807, 2.05) is 6.92 Å². The van der Waals surface area contributed by atoms with E-state index in [1.54, 1.807) is 37.2 Å². The highest BCUT2D eigenvalue weighted by atomic mass is 16.6. The number of esters is 1. The van der Waals surface area contributed by atoms with Crippen molar-refractivity contribution in [1.82, 2.24) is 0 Å². The summed E-state index contributed by atoms with van der Waals surface area (Å²) in [6.07, 6.45) is 0. The molecule has 0 aliphatic carbocycles. The number of hydrogen-bond donors (Lipinski definition) is 0. The fourth-order valence-electron chi connectivity index (χ4n) is 2.62. The summed E-state index contributed by atoms with van der Waals surface area (Å²) in [7, 11) is 3.45. The third-order valence-corrected chi connectivity index (χ3v) is 4.02. The number of ketones is 1. The number of nitro groups is 1. The lowest BCUT2D eigenvalue weighted by Gasteiger charge is -2.17. The van der Waals surface area contributed by atoms with E-state index in [2.05, 4.69) is 0 Å². The number of carbonyl (C=O) groups is 2. The molecule has 0 aliphatic heterocycles. The van der Waals surface area contributed by atoms with Crippen molar-refractivity contribution in [3.05, 3.63) is 63.2 Å². The summed E-state index contributed by atoms with van der Waals surface area (Å²) in [5, 5.41) is 11.0. The van der Waals surface area contributed by atoms with Crippen molar-refractivity contribution in [2.45, 2.75) is 20.5 Å². The topological polar surface area (TPSA) is 99.0 Å². The first-order chi connectivity index (χ1) is 13.2. The van der Waals surface area contributed by atoms with Gasteiger partial charge in [-0.1, -0.05) is 0 Å². The molecular weight excluding hydrogens is 364 g/mol. The van der Waals surface area contributed by atoms with Crippen LogP contribution in [-0.2, 0) is 11.3 Å². The van der Waals surface area contributed by atoms with E-state index in [0.29, 0.717) is 29.2 Å². The van der Waals surface area contributed by atoms with E-state index in [4.69, 9.17) is 9.47 Å². The Morgan fingerprint density at radius 2 is 1.86 bits per heavy atom. The van der Waals surface area contributed by atoms with Crippen molar-refractivity contribution in [1.29, 1.82) is 0 Å². The van der Waals surface area contributed by atoms with Crippen LogP contribution in [0, 0.1) is 10.1 Å². The number of nitro benzene ring substituents is 1. The standard InChI is InChI=1S/C20H22N2O6/c1-5-27-19-9-6-14(13(2)23)10-15(19)12-28-20(24)17-11-16(22(25)26)7-8-18(17)21(3)4/h6-11H,5,12H2,1-4H3. The normalized spacial score (nSPS) is 10.3. The number of Topliss-reactive ketones (excluding diaryl/α,β-unsaturated/α-hetero) is 1. The Bertz CT molecular complexity index is 908. The van der Waals surface area contributed by atoms with Gasteiger partial charge in [-0.25, -0.2) is 4.79 Å². The van der Waals surface area contributed by atoms with E-state index >= 15 is 0 Å². The van der Waals surface area contributed by atoms with Gasteiger partial charge >= 0.3 is 5.97 Å². The number of nitrogens with zero attached hydrogens (tertiary/aromatic N) is 2. The summed E-state index contributed by atoms with van der Waals surface area (Å²) < 4.78 is 10.9. The van der Waals surface area contributed by atoms with Gasteiger partial charge in [-0.15, -0.1) is 0 Å². The second-order valence-electron chi connectivity index (χ2n) is 6.24. The first-order valence-electron chi connectivity index (χ1n) is 8.64. The summed E-state index contributed by atoms with van der Waals surface area (Å²) in [5.74, 6) is -0.320. The first-order valence-corrected chi connectivity index (χ1v) is 8.64. The Labute approximate surface area is 162 Å². The van der Waals surface area contributed by atoms with Gasteiger partial charge in [0.05, 0.1) is 22.8 Å². The van der Waals surface area contributed by atoms with Gasteiger partial charge in [0.15, 0.2) is 5.78 Å². The minimum absolute atomic E-state index is 0.0832. The summed E-state index contributed by atoms with van der Waals surface area (Å²) in [5.41, 5.74) is 1.39. The minimum Gasteiger partial charge on any atom is -0.493 e. The highest BCUT2D eigenvalue weighted by Gasteiger charge is 2.20. The van der Waals surface area contributed by atoms with Gasteiger partial charge in [0.25, 0.3) is 5.69 Å². The minimum atomic E-state index is -0.705. The van der Waals surface area contributed by atoms with E-state index in [0.717, 1.165) is 0 Å². The summed E-state index contributed by atoms with van der Waals surface area (Å²) in [6.45, 7) is 3.54. The Morgan fingerprint density at radius 1 is 1.14 bits per heavy atom. The first kappa shape index (κ1) is 20.9. The molecule has 0 N–H and O–H groups in total. The van der Waals surface area contributed by atoms with E-state index in [-0.39, 0.29) is 23.6 Å². The molecule has 0 heterocycles. The zero-order valence-electron chi connectivity index (χ0n) is 16.2. The largest absolute Gasteiger partial charge is 0.493 e. The van der Waals surface area contributed by atoms with Crippen molar-refractivity contribution in [2.75, 3.05) is 25.6 Å². The van der Waals surface area contributed by atoms with Gasteiger partial charge in [0.2, 0.25) is 0 Å². The SMILES string of the molecule is CCOc1ccc(C(C)=O)cc1COC(=O)c1cc([N+](=O)[O-])ccc1N(C)C. The molecule has 0 radical (unpaired) electrons. The third-order valence-electron chi connectivity index (χ3n) is 4.02. The molecule has 8 heteroatoms. The van der Waals surface area contributed by atoms with Gasteiger partial charge in [0.1, 0.15) is 12.4 Å². The highest BCUT2D eigenvalue weighted by molar-refractivity contribution is 5.97. The predicted octanol–water partition coefficient (Wildman–Crippen LogP) is 3.62. The van der Waals surface area contributed by atoms with Crippen LogP contribution in [0.15, 0.2) is 36.4 Å². The van der Waals surface area contributed by atoms with Gasteiger partial charge < -0.3 is 14.4 Å². The molecule has 0 atom stereocenters. The molecule has 148 valence electrons. The van der Waals surface area contributed by atoms with Crippen LogP contribution in [-0.4, -0.2) is 37.4 Å². The number of hydrogen-bond acceptors (Lipinski definition) is 7. The average Bonchev–Trinajstić information content (AvgIpc) is 2.66. The van der Waals surface area contributed by atoms with Crippen molar-refractivity contribution < 1.29 is 24.0 Å². The second kappa shape index (κ2) is 8.98. The smallest absolute Gasteiger partial charge is 0.340 e. The molecule has 0 bridgehead atoms. The van der Waals surface area contributed by atoms with Gasteiger partial charge in [0, 0.05) is 37.4 Å². The number of anilines is 1. The molecule has 0 unspecified atom stereocenters. The van der Waals surface area contributed by atoms with Crippen molar-refractivity contribution in [2.24, 2.45) is 0 Å². The number of ether oxygens (including phenoxy) is 2. The predicted molar refractivity (Wildman–Crippen MR) is 104 cm³/mol. The van der Waals surface area contributed by atoms with Gasteiger partial charge in [-0.05, 0) is 38.1 Å². The number of non-ortho nitro benzene ring substituents is 1. The molecule has 2 aromatic rings. The van der Waals surface area contributed by atoms with Crippen molar-refractivity contribution in [3.63, 3.8) is 0 Å². The van der Waals surface area contributed by atoms with Gasteiger partial charge in [-0.2, -0.15) is 0 Å². The second-order valence-corrected chi connectivity index (χ2v) is 6.24. The third kappa shape index (κ3) is 4.85. The van der Waals surface area contributed by atoms with E-state index in [9.17, 15) is 19.7 Å². The lowest BCUT2D eigenvalue weighted by atomic mass is 10.1. The maximum absolute atomic E-state index is 12.6. The molecule has 0 spiro atoms. The van der Waals surface area contributed by atoms with Crippen LogP contribution in [0.2, 0.25) is 0 Å². The maximum atomic E-state index is 12.6. The molecule has 0 aliphatic rings. The molecule has 28 heavy (non-hydrogen) atoms. The van der Waals surface area contributed by atoms with Crippen molar-refractivity contribution in [3.8, 4) is 5.75 Å². The maximum Gasteiger partial charge on any atom is 0.340 e. The fraction of sp³-hybridized carbons (Fsp3) is 0.300. The summed E-state index contributed by atoms with van der Waals surface area (Å²) in [6, 6.07) is 8.92. The Kier molecular flexibility index (Phi) is 6.70. The van der Waals surface area contributed by atoms with E-state index in [1.165, 1.54) is 25.1 Å². The lowest BCUT2D eigenvalue weighted by Crippen LogP contribution is -2.16. The fourth-order valence-corrected chi connectivity index (χ4v) is 2.62. The molecule has 2 aromatic carbocycles. The number of benzene rings is 2. The highest BCUT2D eigenvalue weighted by Crippen LogP contribution is 2.27. The lowest BCUT2D eigenvalue weighted by molar-refractivity contribution is -0.384. The molecule has 8 nitrogen and oxygen atoms in total. The number of carbonyl (C=O) groups excluding carboxylic acids is 2. The van der Waals surface area contributed by atoms with Crippen LogP contribution in [0.3, 0.4) is 0 Å². The van der Waals surface area contributed by atoms with Crippen molar-refractivity contribution >= 4 is 23.1 Å². The van der Waals surface area contributed by atoms with Crippen LogP contribution in [0.1, 0.15) is 40.1 Å². The zero-order chi connectivity index (χ0) is 20.8. The van der Waals surface area contributed by atoms with E-state index < -0.39 is 10.9 Å².